The average Bonchev–Trinajstić information content (AvgIpc) is 2.89. The number of imidazole rings is 1. The first-order chi connectivity index (χ1) is 10.2. The minimum atomic E-state index is 0.101. The maximum atomic E-state index is 12.5. The van der Waals surface area contributed by atoms with Crippen LogP contribution in [0.15, 0.2) is 30.6 Å². The predicted molar refractivity (Wildman–Crippen MR) is 79.9 cm³/mol. The van der Waals surface area contributed by atoms with Crippen LogP contribution in [0.1, 0.15) is 25.5 Å². The van der Waals surface area contributed by atoms with Crippen molar-refractivity contribution in [1.82, 2.24) is 14.3 Å². The third-order valence-electron chi connectivity index (χ3n) is 4.30. The summed E-state index contributed by atoms with van der Waals surface area (Å²) >= 11 is 0. The lowest BCUT2D eigenvalue weighted by atomic mass is 9.94. The number of hydrogen-bond donors (Lipinski definition) is 1. The van der Waals surface area contributed by atoms with Gasteiger partial charge in [-0.1, -0.05) is 6.07 Å². The number of aliphatic hydroxyl groups is 1. The number of aromatic nitrogens is 2. The van der Waals surface area contributed by atoms with E-state index in [4.69, 9.17) is 0 Å². The Morgan fingerprint density at radius 1 is 1.43 bits per heavy atom. The van der Waals surface area contributed by atoms with Crippen LogP contribution < -0.4 is 0 Å². The van der Waals surface area contributed by atoms with Crippen molar-refractivity contribution >= 4 is 11.6 Å². The second-order valence-corrected chi connectivity index (χ2v) is 5.90. The van der Waals surface area contributed by atoms with Crippen molar-refractivity contribution in [1.29, 1.82) is 0 Å². The van der Waals surface area contributed by atoms with E-state index in [1.165, 1.54) is 0 Å². The Bertz CT molecular complexity index is 604. The van der Waals surface area contributed by atoms with Crippen LogP contribution in [-0.2, 0) is 11.2 Å². The fourth-order valence-electron chi connectivity index (χ4n) is 3.01. The second kappa shape index (κ2) is 5.85. The van der Waals surface area contributed by atoms with Gasteiger partial charge in [-0.05, 0) is 37.8 Å². The molecule has 2 atom stereocenters. The van der Waals surface area contributed by atoms with Crippen molar-refractivity contribution in [3.63, 3.8) is 0 Å². The van der Waals surface area contributed by atoms with E-state index >= 15 is 0 Å². The number of amides is 1. The molecule has 2 aromatic heterocycles. The summed E-state index contributed by atoms with van der Waals surface area (Å²) in [7, 11) is 0. The number of piperidine rings is 1. The van der Waals surface area contributed by atoms with Crippen LogP contribution in [0.25, 0.3) is 5.65 Å². The Hall–Kier alpha value is -1.88. The van der Waals surface area contributed by atoms with Crippen LogP contribution in [0, 0.1) is 5.92 Å². The first-order valence-corrected chi connectivity index (χ1v) is 7.50. The number of hydrogen-bond acceptors (Lipinski definition) is 3. The van der Waals surface area contributed by atoms with Gasteiger partial charge in [-0.3, -0.25) is 4.79 Å². The van der Waals surface area contributed by atoms with E-state index in [2.05, 4.69) is 11.9 Å². The van der Waals surface area contributed by atoms with Crippen molar-refractivity contribution in [2.75, 3.05) is 13.2 Å². The molecule has 21 heavy (non-hydrogen) atoms. The Kier molecular flexibility index (Phi) is 3.92. The Balaban J connectivity index is 1.72. The van der Waals surface area contributed by atoms with Gasteiger partial charge in [0, 0.05) is 31.6 Å². The molecule has 5 heteroatoms. The van der Waals surface area contributed by atoms with Gasteiger partial charge in [0.1, 0.15) is 5.65 Å². The third kappa shape index (κ3) is 2.93. The lowest BCUT2D eigenvalue weighted by molar-refractivity contribution is -0.135. The maximum absolute atomic E-state index is 12.5. The van der Waals surface area contributed by atoms with Crippen LogP contribution in [0.3, 0.4) is 0 Å². The molecule has 0 aromatic carbocycles. The highest BCUT2D eigenvalue weighted by Gasteiger charge is 2.28. The standard InChI is InChI=1S/C16H21N3O2/c1-12-5-6-13(11-20)9-19(12)16(21)8-14-10-18-7-3-2-4-15(18)17-14/h2-4,7,10,12-13,20H,5-6,8-9,11H2,1H3. The zero-order chi connectivity index (χ0) is 14.8. The number of aliphatic hydroxyl groups excluding tert-OH is 1. The molecule has 1 fully saturated rings. The normalized spacial score (nSPS) is 22.7. The number of nitrogens with zero attached hydrogens (tertiary/aromatic N) is 3. The van der Waals surface area contributed by atoms with E-state index in [0.29, 0.717) is 13.0 Å². The molecular formula is C16H21N3O2. The molecule has 0 saturated carbocycles. The van der Waals surface area contributed by atoms with Crippen molar-refractivity contribution < 1.29 is 9.90 Å². The topological polar surface area (TPSA) is 57.8 Å². The van der Waals surface area contributed by atoms with E-state index in [0.717, 1.165) is 24.2 Å². The number of pyridine rings is 1. The largest absolute Gasteiger partial charge is 0.396 e. The molecule has 1 N–H and O–H groups in total. The fourth-order valence-corrected chi connectivity index (χ4v) is 3.01. The van der Waals surface area contributed by atoms with E-state index in [1.54, 1.807) is 0 Å². The van der Waals surface area contributed by atoms with Gasteiger partial charge >= 0.3 is 0 Å². The predicted octanol–water partition coefficient (Wildman–Crippen LogP) is 1.50. The highest BCUT2D eigenvalue weighted by molar-refractivity contribution is 5.79. The summed E-state index contributed by atoms with van der Waals surface area (Å²) < 4.78 is 1.93. The molecule has 2 unspecified atom stereocenters. The van der Waals surface area contributed by atoms with Gasteiger partial charge in [0.25, 0.3) is 0 Å². The third-order valence-corrected chi connectivity index (χ3v) is 4.30. The monoisotopic (exact) mass is 287 g/mol. The second-order valence-electron chi connectivity index (χ2n) is 5.90. The van der Waals surface area contributed by atoms with Crippen LogP contribution in [-0.4, -0.2) is 44.5 Å². The quantitative estimate of drug-likeness (QED) is 0.930. The van der Waals surface area contributed by atoms with Gasteiger partial charge in [-0.25, -0.2) is 4.98 Å². The summed E-state index contributed by atoms with van der Waals surface area (Å²) in [5, 5.41) is 9.31. The van der Waals surface area contributed by atoms with Crippen molar-refractivity contribution in [3.8, 4) is 0 Å². The minimum Gasteiger partial charge on any atom is -0.396 e. The SMILES string of the molecule is CC1CCC(CO)CN1C(=O)Cc1cn2ccccc2n1. The van der Waals surface area contributed by atoms with Crippen LogP contribution in [0.2, 0.25) is 0 Å². The molecule has 3 rings (SSSR count). The van der Waals surface area contributed by atoms with Crippen molar-refractivity contribution in [2.45, 2.75) is 32.2 Å². The summed E-state index contributed by atoms with van der Waals surface area (Å²) in [6.07, 6.45) is 6.12. The highest BCUT2D eigenvalue weighted by Crippen LogP contribution is 2.22. The molecule has 0 radical (unpaired) electrons. The molecule has 1 aliphatic rings. The van der Waals surface area contributed by atoms with Gasteiger partial charge in [-0.2, -0.15) is 0 Å². The molecule has 0 bridgehead atoms. The van der Waals surface area contributed by atoms with Crippen molar-refractivity contribution in [2.24, 2.45) is 5.92 Å². The van der Waals surface area contributed by atoms with Gasteiger partial charge < -0.3 is 14.4 Å². The highest BCUT2D eigenvalue weighted by atomic mass is 16.3. The Labute approximate surface area is 124 Å². The van der Waals surface area contributed by atoms with Crippen LogP contribution >= 0.6 is 0 Å². The maximum Gasteiger partial charge on any atom is 0.228 e. The molecule has 1 amide bonds. The number of rotatable bonds is 3. The van der Waals surface area contributed by atoms with Crippen molar-refractivity contribution in [3.05, 3.63) is 36.3 Å². The van der Waals surface area contributed by atoms with Gasteiger partial charge in [0.2, 0.25) is 5.91 Å². The Morgan fingerprint density at radius 3 is 3.05 bits per heavy atom. The molecule has 0 spiro atoms. The van der Waals surface area contributed by atoms with Gasteiger partial charge in [0.15, 0.2) is 0 Å². The molecule has 3 heterocycles. The summed E-state index contributed by atoms with van der Waals surface area (Å²) in [6.45, 7) is 2.89. The zero-order valence-electron chi connectivity index (χ0n) is 12.3. The van der Waals surface area contributed by atoms with E-state index in [1.807, 2.05) is 39.9 Å². The Morgan fingerprint density at radius 2 is 2.29 bits per heavy atom. The van der Waals surface area contributed by atoms with Crippen LogP contribution in [0.5, 0.6) is 0 Å². The smallest absolute Gasteiger partial charge is 0.228 e. The minimum absolute atomic E-state index is 0.101. The summed E-state index contributed by atoms with van der Waals surface area (Å²) in [4.78, 5) is 18.9. The molecule has 1 saturated heterocycles. The first-order valence-electron chi connectivity index (χ1n) is 7.50. The van der Waals surface area contributed by atoms with Gasteiger partial charge in [-0.15, -0.1) is 0 Å². The van der Waals surface area contributed by atoms with E-state index in [-0.39, 0.29) is 24.5 Å². The number of likely N-dealkylation sites (tertiary alicyclic amines) is 1. The average molecular weight is 287 g/mol. The molecule has 0 aliphatic carbocycles. The molecular weight excluding hydrogens is 266 g/mol. The number of carbonyl (C=O) groups excluding carboxylic acids is 1. The summed E-state index contributed by atoms with van der Waals surface area (Å²) in [6, 6.07) is 6.06. The molecule has 112 valence electrons. The van der Waals surface area contributed by atoms with E-state index in [9.17, 15) is 9.90 Å². The lowest BCUT2D eigenvalue weighted by Gasteiger charge is -2.37. The first kappa shape index (κ1) is 14.1. The number of carbonyl (C=O) groups is 1. The van der Waals surface area contributed by atoms with E-state index < -0.39 is 0 Å². The zero-order valence-corrected chi connectivity index (χ0v) is 12.3. The van der Waals surface area contributed by atoms with Crippen LogP contribution in [0.4, 0.5) is 0 Å². The fraction of sp³-hybridized carbons (Fsp3) is 0.500. The molecule has 2 aromatic rings. The molecule has 1 aliphatic heterocycles. The van der Waals surface area contributed by atoms with Gasteiger partial charge in [0.05, 0.1) is 12.1 Å². The molecule has 5 nitrogen and oxygen atoms in total. The number of fused-ring (bicyclic) bond motifs is 1. The summed E-state index contributed by atoms with van der Waals surface area (Å²) in [5.41, 5.74) is 1.66. The summed E-state index contributed by atoms with van der Waals surface area (Å²) in [5.74, 6) is 0.315. The lowest BCUT2D eigenvalue weighted by Crippen LogP contribution is -2.47.